The first-order valence-corrected chi connectivity index (χ1v) is 7.46. The third-order valence-corrected chi connectivity index (χ3v) is 4.11. The summed E-state index contributed by atoms with van der Waals surface area (Å²) in [6.07, 6.45) is 5.51. The van der Waals surface area contributed by atoms with E-state index in [-0.39, 0.29) is 0 Å². The minimum absolute atomic E-state index is 0.628. The number of benzene rings is 1. The standard InChI is InChI=1S/C17H20N4/c1-20(2)17-13(11-18)12-19-16-7-6-14(10-15(16)17)21-8-4-3-5-9-21/h6-7,10,12H,3-5,8-9H2,1-2H3. The van der Waals surface area contributed by atoms with Crippen LogP contribution in [0.4, 0.5) is 11.4 Å². The maximum absolute atomic E-state index is 9.32. The Morgan fingerprint density at radius 2 is 1.95 bits per heavy atom. The summed E-state index contributed by atoms with van der Waals surface area (Å²) in [5.74, 6) is 0. The molecule has 0 radical (unpaired) electrons. The SMILES string of the molecule is CN(C)c1c(C#N)cnc2ccc(N3CCCCC3)cc12. The summed E-state index contributed by atoms with van der Waals surface area (Å²) >= 11 is 0. The average molecular weight is 280 g/mol. The Morgan fingerprint density at radius 3 is 2.62 bits per heavy atom. The Bertz CT molecular complexity index is 694. The zero-order valence-corrected chi connectivity index (χ0v) is 12.6. The average Bonchev–Trinajstić information content (AvgIpc) is 2.53. The predicted octanol–water partition coefficient (Wildman–Crippen LogP) is 3.16. The molecule has 0 amide bonds. The Morgan fingerprint density at radius 1 is 1.19 bits per heavy atom. The molecule has 21 heavy (non-hydrogen) atoms. The van der Waals surface area contributed by atoms with Crippen LogP contribution >= 0.6 is 0 Å². The molecule has 1 aliphatic heterocycles. The van der Waals surface area contributed by atoms with E-state index in [1.165, 1.54) is 24.9 Å². The lowest BCUT2D eigenvalue weighted by Gasteiger charge is -2.29. The number of hydrogen-bond acceptors (Lipinski definition) is 4. The third kappa shape index (κ3) is 2.52. The first-order chi connectivity index (χ1) is 10.2. The molecule has 0 spiro atoms. The quantitative estimate of drug-likeness (QED) is 0.847. The maximum Gasteiger partial charge on any atom is 0.103 e. The summed E-state index contributed by atoms with van der Waals surface area (Å²) in [6, 6.07) is 8.64. The van der Waals surface area contributed by atoms with E-state index in [2.05, 4.69) is 34.2 Å². The topological polar surface area (TPSA) is 43.2 Å². The van der Waals surface area contributed by atoms with E-state index < -0.39 is 0 Å². The molecule has 0 N–H and O–H groups in total. The minimum Gasteiger partial charge on any atom is -0.376 e. The molecule has 2 aromatic rings. The zero-order valence-electron chi connectivity index (χ0n) is 12.6. The van der Waals surface area contributed by atoms with Gasteiger partial charge in [0.1, 0.15) is 6.07 Å². The van der Waals surface area contributed by atoms with Crippen molar-refractivity contribution in [1.82, 2.24) is 4.98 Å². The normalized spacial score (nSPS) is 15.0. The van der Waals surface area contributed by atoms with Crippen LogP contribution in [0, 0.1) is 11.3 Å². The van der Waals surface area contributed by atoms with Gasteiger partial charge in [0.15, 0.2) is 0 Å². The molecule has 1 fully saturated rings. The van der Waals surface area contributed by atoms with Crippen LogP contribution in [0.3, 0.4) is 0 Å². The van der Waals surface area contributed by atoms with Crippen LogP contribution in [-0.4, -0.2) is 32.2 Å². The monoisotopic (exact) mass is 280 g/mol. The summed E-state index contributed by atoms with van der Waals surface area (Å²) < 4.78 is 0. The molecule has 1 aromatic heterocycles. The van der Waals surface area contributed by atoms with Crippen molar-refractivity contribution < 1.29 is 0 Å². The maximum atomic E-state index is 9.32. The van der Waals surface area contributed by atoms with Crippen LogP contribution in [0.5, 0.6) is 0 Å². The van der Waals surface area contributed by atoms with E-state index in [1.807, 2.05) is 19.0 Å². The molecule has 4 nitrogen and oxygen atoms in total. The van der Waals surface area contributed by atoms with Crippen molar-refractivity contribution in [2.24, 2.45) is 0 Å². The van der Waals surface area contributed by atoms with Gasteiger partial charge >= 0.3 is 0 Å². The number of nitrogens with zero attached hydrogens (tertiary/aromatic N) is 4. The van der Waals surface area contributed by atoms with Crippen LogP contribution in [0.25, 0.3) is 10.9 Å². The van der Waals surface area contributed by atoms with E-state index in [1.54, 1.807) is 6.20 Å². The largest absolute Gasteiger partial charge is 0.376 e. The number of hydrogen-bond donors (Lipinski definition) is 0. The molecule has 4 heteroatoms. The molecule has 0 atom stereocenters. The number of rotatable bonds is 2. The lowest BCUT2D eigenvalue weighted by Crippen LogP contribution is -2.29. The summed E-state index contributed by atoms with van der Waals surface area (Å²) in [5, 5.41) is 10.4. The third-order valence-electron chi connectivity index (χ3n) is 4.11. The van der Waals surface area contributed by atoms with Crippen molar-refractivity contribution in [1.29, 1.82) is 5.26 Å². The predicted molar refractivity (Wildman–Crippen MR) is 86.8 cm³/mol. The smallest absolute Gasteiger partial charge is 0.103 e. The van der Waals surface area contributed by atoms with Crippen LogP contribution < -0.4 is 9.80 Å². The Kier molecular flexibility index (Phi) is 3.66. The van der Waals surface area contributed by atoms with E-state index in [9.17, 15) is 5.26 Å². The van der Waals surface area contributed by atoms with Gasteiger partial charge in [0.25, 0.3) is 0 Å². The lowest BCUT2D eigenvalue weighted by atomic mass is 10.1. The second-order valence-electron chi connectivity index (χ2n) is 5.78. The first-order valence-electron chi connectivity index (χ1n) is 7.46. The second-order valence-corrected chi connectivity index (χ2v) is 5.78. The van der Waals surface area contributed by atoms with Gasteiger partial charge in [-0.25, -0.2) is 0 Å². The molecule has 3 rings (SSSR count). The molecule has 0 saturated carbocycles. The van der Waals surface area contributed by atoms with Crippen molar-refractivity contribution >= 4 is 22.3 Å². The van der Waals surface area contributed by atoms with Gasteiger partial charge in [-0.15, -0.1) is 0 Å². The molecule has 1 aromatic carbocycles. The fourth-order valence-corrected chi connectivity index (χ4v) is 3.08. The molecular formula is C17H20N4. The number of pyridine rings is 1. The summed E-state index contributed by atoms with van der Waals surface area (Å²) in [4.78, 5) is 8.85. The molecule has 0 aliphatic carbocycles. The first kappa shape index (κ1) is 13.7. The molecule has 0 unspecified atom stereocenters. The van der Waals surface area contributed by atoms with Crippen molar-refractivity contribution in [3.63, 3.8) is 0 Å². The molecule has 108 valence electrons. The fraction of sp³-hybridized carbons (Fsp3) is 0.412. The van der Waals surface area contributed by atoms with Gasteiger partial charge in [-0.2, -0.15) is 5.26 Å². The van der Waals surface area contributed by atoms with E-state index in [0.717, 1.165) is 29.7 Å². The van der Waals surface area contributed by atoms with E-state index >= 15 is 0 Å². The van der Waals surface area contributed by atoms with Gasteiger partial charge in [0.2, 0.25) is 0 Å². The highest BCUT2D eigenvalue weighted by molar-refractivity contribution is 5.96. The van der Waals surface area contributed by atoms with Gasteiger partial charge in [0.05, 0.1) is 16.8 Å². The minimum atomic E-state index is 0.628. The fourth-order valence-electron chi connectivity index (χ4n) is 3.08. The highest BCUT2D eigenvalue weighted by atomic mass is 15.1. The highest BCUT2D eigenvalue weighted by Crippen LogP contribution is 2.31. The Balaban J connectivity index is 2.14. The van der Waals surface area contributed by atoms with E-state index in [0.29, 0.717) is 5.56 Å². The second kappa shape index (κ2) is 5.61. The Labute approximate surface area is 125 Å². The van der Waals surface area contributed by atoms with Gasteiger partial charge in [0, 0.05) is 44.5 Å². The number of piperidine rings is 1. The number of aromatic nitrogens is 1. The summed E-state index contributed by atoms with van der Waals surface area (Å²) in [6.45, 7) is 2.24. The summed E-state index contributed by atoms with van der Waals surface area (Å²) in [7, 11) is 3.95. The zero-order chi connectivity index (χ0) is 14.8. The Hall–Kier alpha value is -2.28. The van der Waals surface area contributed by atoms with Crippen molar-refractivity contribution in [2.75, 3.05) is 37.0 Å². The van der Waals surface area contributed by atoms with Crippen LogP contribution in [0.2, 0.25) is 0 Å². The van der Waals surface area contributed by atoms with Gasteiger partial charge in [-0.1, -0.05) is 0 Å². The molecule has 1 aliphatic rings. The van der Waals surface area contributed by atoms with E-state index in [4.69, 9.17) is 0 Å². The number of fused-ring (bicyclic) bond motifs is 1. The van der Waals surface area contributed by atoms with Crippen molar-refractivity contribution in [3.8, 4) is 6.07 Å². The van der Waals surface area contributed by atoms with Gasteiger partial charge in [-0.05, 0) is 37.5 Å². The molecule has 0 bridgehead atoms. The van der Waals surface area contributed by atoms with Crippen LogP contribution in [0.15, 0.2) is 24.4 Å². The summed E-state index contributed by atoms with van der Waals surface area (Å²) in [5.41, 5.74) is 3.77. The molecule has 2 heterocycles. The number of anilines is 2. The lowest BCUT2D eigenvalue weighted by molar-refractivity contribution is 0.578. The van der Waals surface area contributed by atoms with Gasteiger partial charge < -0.3 is 9.80 Å². The van der Waals surface area contributed by atoms with Crippen LogP contribution in [0.1, 0.15) is 24.8 Å². The number of nitriles is 1. The van der Waals surface area contributed by atoms with Crippen molar-refractivity contribution in [3.05, 3.63) is 30.0 Å². The molecule has 1 saturated heterocycles. The van der Waals surface area contributed by atoms with Crippen molar-refractivity contribution in [2.45, 2.75) is 19.3 Å². The van der Waals surface area contributed by atoms with Gasteiger partial charge in [-0.3, -0.25) is 4.98 Å². The molecular weight excluding hydrogens is 260 g/mol. The van der Waals surface area contributed by atoms with Crippen LogP contribution in [-0.2, 0) is 0 Å². The highest BCUT2D eigenvalue weighted by Gasteiger charge is 2.15.